The van der Waals surface area contributed by atoms with E-state index in [1.165, 1.54) is 64.2 Å². The molecule has 0 aromatic carbocycles. The summed E-state index contributed by atoms with van der Waals surface area (Å²) in [5, 5.41) is 0. The van der Waals surface area contributed by atoms with Gasteiger partial charge in [-0.1, -0.05) is 277 Å². The van der Waals surface area contributed by atoms with Gasteiger partial charge in [-0.05, 0) is 238 Å². The van der Waals surface area contributed by atoms with Crippen molar-refractivity contribution in [2.45, 2.75) is 462 Å². The fraction of sp³-hybridized carbons (Fsp3) is 1.00. The van der Waals surface area contributed by atoms with Crippen LogP contribution in [0.3, 0.4) is 0 Å². The van der Waals surface area contributed by atoms with E-state index in [-0.39, 0.29) is 55.8 Å². The van der Waals surface area contributed by atoms with Gasteiger partial charge in [0.25, 0.3) is 0 Å². The molecule has 0 heterocycles. The molecular formula is C93H166F24. The van der Waals surface area contributed by atoms with Gasteiger partial charge in [-0.15, -0.1) is 0 Å². The van der Waals surface area contributed by atoms with Crippen LogP contribution in [0.1, 0.15) is 412 Å². The van der Waals surface area contributed by atoms with Crippen LogP contribution in [-0.2, 0) is 0 Å². The van der Waals surface area contributed by atoms with Crippen LogP contribution in [0.2, 0.25) is 0 Å². The van der Waals surface area contributed by atoms with E-state index in [1.807, 2.05) is 13.8 Å². The minimum Gasteiger partial charge on any atom is -0.171 e. The topological polar surface area (TPSA) is 0 Å². The van der Waals surface area contributed by atoms with E-state index in [4.69, 9.17) is 0 Å². The molecule has 0 amide bonds. The Kier molecular flexibility index (Phi) is 47.4. The third kappa shape index (κ3) is 40.2. The molecule has 706 valence electrons. The first-order valence-corrected chi connectivity index (χ1v) is 44.7. The minimum absolute atomic E-state index is 0.0106. The van der Waals surface area contributed by atoms with Gasteiger partial charge >= 0.3 is 49.4 Å². The second-order valence-electron chi connectivity index (χ2n) is 43.8. The molecule has 0 aliphatic heterocycles. The van der Waals surface area contributed by atoms with Crippen molar-refractivity contribution in [1.82, 2.24) is 0 Å². The van der Waals surface area contributed by atoms with E-state index in [0.717, 1.165) is 99.7 Å². The Balaban J connectivity index is 0. The van der Waals surface area contributed by atoms with Crippen molar-refractivity contribution in [2.75, 3.05) is 0 Å². The first-order valence-electron chi connectivity index (χ1n) is 44.7. The zero-order valence-corrected chi connectivity index (χ0v) is 77.7. The Hall–Kier alpha value is -1.68. The predicted octanol–water partition coefficient (Wildman–Crippen LogP) is 37.8. The van der Waals surface area contributed by atoms with Gasteiger partial charge in [-0.2, -0.15) is 105 Å². The molecule has 0 aromatic heterocycles. The molecule has 0 radical (unpaired) electrons. The van der Waals surface area contributed by atoms with Crippen molar-refractivity contribution >= 4 is 0 Å². The number of alkyl halides is 24. The lowest BCUT2D eigenvalue weighted by atomic mass is 9.52. The molecule has 0 nitrogen and oxygen atoms in total. The lowest BCUT2D eigenvalue weighted by molar-refractivity contribution is -0.364. The molecule has 117 heavy (non-hydrogen) atoms. The first-order chi connectivity index (χ1) is 52.2. The second-order valence-corrected chi connectivity index (χ2v) is 43.8. The maximum atomic E-state index is 13.0. The largest absolute Gasteiger partial charge is 0.403 e. The van der Waals surface area contributed by atoms with Crippen molar-refractivity contribution in [2.24, 2.45) is 132 Å². The van der Waals surface area contributed by atoms with Crippen molar-refractivity contribution in [3.05, 3.63) is 0 Å². The third-order valence-corrected chi connectivity index (χ3v) is 28.7. The summed E-state index contributed by atoms with van der Waals surface area (Å²) in [4.78, 5) is 0. The monoisotopic (exact) mass is 1740 g/mol. The van der Waals surface area contributed by atoms with Gasteiger partial charge in [-0.25, -0.2) is 0 Å². The first kappa shape index (κ1) is 117. The molecule has 0 saturated heterocycles. The molecule has 4 unspecified atom stereocenters. The molecule has 24 heteroatoms. The van der Waals surface area contributed by atoms with Gasteiger partial charge in [0.2, 0.25) is 0 Å². The quantitative estimate of drug-likeness (QED) is 0.230. The molecular weight excluding hydrogens is 1570 g/mol. The summed E-state index contributed by atoms with van der Waals surface area (Å²) >= 11 is 0. The molecule has 10 saturated carbocycles. The Labute approximate surface area is 695 Å². The maximum Gasteiger partial charge on any atom is 0.403 e. The highest BCUT2D eigenvalue weighted by atomic mass is 19.4. The van der Waals surface area contributed by atoms with E-state index >= 15 is 0 Å². The third-order valence-electron chi connectivity index (χ3n) is 28.7. The number of hydrogen-bond donors (Lipinski definition) is 0. The van der Waals surface area contributed by atoms with Crippen molar-refractivity contribution in [3.8, 4) is 0 Å². The molecule has 0 N–H and O–H groups in total. The molecule has 7 atom stereocenters. The van der Waals surface area contributed by atoms with Crippen molar-refractivity contribution in [3.63, 3.8) is 0 Å². The SMILES string of the molecule is CC(C)(C)C.CC(C)C(C)(C)C.CC1C2CCC(C)(CC2)[C@H]1C.CC1CCC(C(F)(F)F)(C(F)(F)F)CC1.CC1CCC(C(F)(F)F)CC1.CC1CCC2(CC1)CCC(C(F)(F)F)(C(F)(F)F)CC2.CC1CCCC(C)C1C.CCC(C)(C)C.CCCC(C)(C)C.C[C@@H]1CCCC(C(F)(F)F)C1.C[C@@H]1CCCCC1(C(F)(F)F)C(F)(F)F. The number of hydrogen-bond acceptors (Lipinski definition) is 0. The Morgan fingerprint density at radius 1 is 0.325 bits per heavy atom. The molecule has 1 spiro atoms. The Morgan fingerprint density at radius 2 is 0.667 bits per heavy atom. The van der Waals surface area contributed by atoms with E-state index in [9.17, 15) is 105 Å². The van der Waals surface area contributed by atoms with Crippen LogP contribution in [0.15, 0.2) is 0 Å². The number of rotatable bonds is 1. The van der Waals surface area contributed by atoms with Crippen LogP contribution in [0, 0.1) is 132 Å². The number of fused-ring (bicyclic) bond motifs is 3. The second kappa shape index (κ2) is 47.2. The average molecular weight is 1740 g/mol. The molecule has 10 aliphatic carbocycles. The highest BCUT2D eigenvalue weighted by Gasteiger charge is 2.74. The minimum atomic E-state index is -5.20. The van der Waals surface area contributed by atoms with Gasteiger partial charge in [0, 0.05) is 0 Å². The van der Waals surface area contributed by atoms with E-state index in [2.05, 4.69) is 166 Å². The summed E-state index contributed by atoms with van der Waals surface area (Å²) in [5.41, 5.74) is -7.89. The molecule has 10 rings (SSSR count). The van der Waals surface area contributed by atoms with Crippen LogP contribution in [0.4, 0.5) is 105 Å². The maximum absolute atomic E-state index is 13.0. The van der Waals surface area contributed by atoms with Gasteiger partial charge in [0.05, 0.1) is 11.8 Å². The summed E-state index contributed by atoms with van der Waals surface area (Å²) in [5.74, 6) is 4.61. The lowest BCUT2D eigenvalue weighted by Crippen LogP contribution is -2.55. The Bertz CT molecular complexity index is 2520. The summed E-state index contributed by atoms with van der Waals surface area (Å²) in [6, 6.07) is 0. The predicted molar refractivity (Wildman–Crippen MR) is 435 cm³/mol. The summed E-state index contributed by atoms with van der Waals surface area (Å²) in [7, 11) is 0. The van der Waals surface area contributed by atoms with Gasteiger partial charge < -0.3 is 0 Å². The molecule has 10 aliphatic rings. The fourth-order valence-electron chi connectivity index (χ4n) is 17.4. The van der Waals surface area contributed by atoms with Crippen molar-refractivity contribution in [1.29, 1.82) is 0 Å². The fourth-order valence-corrected chi connectivity index (χ4v) is 17.4. The number of halogens is 24. The summed E-state index contributed by atoms with van der Waals surface area (Å²) < 4.78 is 301. The Morgan fingerprint density at radius 3 is 0.915 bits per heavy atom. The molecule has 10 fully saturated rings. The molecule has 0 aromatic rings. The normalized spacial score (nSPS) is 29.2. The van der Waals surface area contributed by atoms with Gasteiger partial charge in [0.15, 0.2) is 16.2 Å². The van der Waals surface area contributed by atoms with Gasteiger partial charge in [0.1, 0.15) is 0 Å². The standard InChI is InChI=1S/C14H20F6.C11H20.2C9H12F6.C9H18.2C8H13F3.2C7H16.C6H14.C5H12/c1-10-2-4-11(5-3-10)6-8-12(9-7-11,13(15,16)17)14(18,19)20;1-8-9(2)11(3)6-4-10(8)5-7-11;1-6-2-4-7(5-3-6,8(10,11)12)9(13,14)15;1-6-4-2-3-5-7(6,8(10,11)12)9(13,14)15;1-7-5-4-6-8(2)9(7)3;1-6-2-4-7(5-3-6)8(9,10)11;1-6-3-2-4-7(5-6)8(9,10)11;1-6(2)7(3,4)5;1-5-6-7(2,3)4;1-5-6(2,3)4;1-5(2,3)4/h10H,2-9H2,1H3;8-10H,4-7H2,1-3H3;2*6H,2-5H2,1H3;7-9H,4-6H2,1-3H3;2*6-7H,2-5H2,1H3;6H,1-5H3;5-6H2,1-4H3;5H2,1-4H3;1-4H3/t;8?,9-,10?,11?;;6-;;;6-,7?;;;;/m.0.1..1..../s1. The average Bonchev–Trinajstić information content (AvgIpc) is 0.733. The smallest absolute Gasteiger partial charge is 0.171 e. The zero-order valence-electron chi connectivity index (χ0n) is 77.7. The van der Waals surface area contributed by atoms with Gasteiger partial charge in [-0.3, -0.25) is 0 Å². The lowest BCUT2D eigenvalue weighted by Gasteiger charge is -2.53. The van der Waals surface area contributed by atoms with E-state index in [1.54, 1.807) is 6.92 Å². The zero-order chi connectivity index (χ0) is 92.6. The highest BCUT2D eigenvalue weighted by molar-refractivity contribution is 5.03. The van der Waals surface area contributed by atoms with Crippen LogP contribution in [0.5, 0.6) is 0 Å². The van der Waals surface area contributed by atoms with Crippen LogP contribution in [-0.4, -0.2) is 49.4 Å². The molecule has 2 bridgehead atoms. The summed E-state index contributed by atoms with van der Waals surface area (Å²) in [6.45, 7) is 61.4. The van der Waals surface area contributed by atoms with E-state index < -0.39 is 116 Å². The van der Waals surface area contributed by atoms with Crippen LogP contribution >= 0.6 is 0 Å². The highest BCUT2D eigenvalue weighted by Crippen LogP contribution is 2.65. The van der Waals surface area contributed by atoms with Crippen LogP contribution < -0.4 is 0 Å². The summed E-state index contributed by atoms with van der Waals surface area (Å²) in [6.07, 6.45) is -20.4. The van der Waals surface area contributed by atoms with Crippen LogP contribution in [0.25, 0.3) is 0 Å². The van der Waals surface area contributed by atoms with Crippen molar-refractivity contribution < 1.29 is 105 Å². The van der Waals surface area contributed by atoms with E-state index in [0.29, 0.717) is 71.0 Å².